The number of ether oxygens (including phenoxy) is 1. The standard InChI is InChI=1S/C14H17N3O3/c1-6-5-9(7(2)8(3)12(6)20-4)10-11(14(18)19)16-17-13(10)15/h5H,1-4H3,(H,18,19)(H3,15,16,17). The molecule has 0 spiro atoms. The van der Waals surface area contributed by atoms with E-state index in [-0.39, 0.29) is 11.5 Å². The number of aromatic nitrogens is 2. The molecule has 1 heterocycles. The van der Waals surface area contributed by atoms with E-state index in [1.54, 1.807) is 7.11 Å². The number of nitrogens with one attached hydrogen (secondary N) is 1. The summed E-state index contributed by atoms with van der Waals surface area (Å²) in [5, 5.41) is 15.5. The van der Waals surface area contributed by atoms with E-state index in [0.29, 0.717) is 5.56 Å². The monoisotopic (exact) mass is 275 g/mol. The van der Waals surface area contributed by atoms with E-state index in [9.17, 15) is 9.90 Å². The number of nitrogens with zero attached hydrogens (tertiary/aromatic N) is 1. The summed E-state index contributed by atoms with van der Waals surface area (Å²) in [7, 11) is 1.61. The van der Waals surface area contributed by atoms with Crippen LogP contribution < -0.4 is 10.5 Å². The minimum atomic E-state index is -1.09. The quantitative estimate of drug-likeness (QED) is 0.797. The van der Waals surface area contributed by atoms with Gasteiger partial charge in [0.05, 0.1) is 12.7 Å². The maximum absolute atomic E-state index is 11.3. The van der Waals surface area contributed by atoms with Gasteiger partial charge in [0.25, 0.3) is 0 Å². The molecule has 4 N–H and O–H groups in total. The molecule has 0 aliphatic heterocycles. The van der Waals surface area contributed by atoms with Crippen molar-refractivity contribution in [3.8, 4) is 16.9 Å². The third-order valence-corrected chi connectivity index (χ3v) is 3.51. The van der Waals surface area contributed by atoms with Gasteiger partial charge in [0, 0.05) is 0 Å². The summed E-state index contributed by atoms with van der Waals surface area (Å²) in [5.41, 5.74) is 9.78. The molecule has 0 unspecified atom stereocenters. The highest BCUT2D eigenvalue weighted by Crippen LogP contribution is 2.37. The first-order valence-corrected chi connectivity index (χ1v) is 6.10. The van der Waals surface area contributed by atoms with Crippen molar-refractivity contribution in [1.29, 1.82) is 0 Å². The zero-order valence-electron chi connectivity index (χ0n) is 11.9. The van der Waals surface area contributed by atoms with Gasteiger partial charge in [-0.1, -0.05) is 0 Å². The Kier molecular flexibility index (Phi) is 3.40. The number of H-pyrrole nitrogens is 1. The number of carboxylic acid groups (broad SMARTS) is 1. The van der Waals surface area contributed by atoms with Gasteiger partial charge in [-0.25, -0.2) is 4.79 Å². The zero-order chi connectivity index (χ0) is 15.0. The SMILES string of the molecule is COc1c(C)cc(-c2c(N)n[nH]c2C(=O)O)c(C)c1C. The van der Waals surface area contributed by atoms with Crippen molar-refractivity contribution in [3.05, 3.63) is 28.5 Å². The van der Waals surface area contributed by atoms with Gasteiger partial charge >= 0.3 is 5.97 Å². The molecule has 0 atom stereocenters. The average molecular weight is 275 g/mol. The molecule has 6 heteroatoms. The zero-order valence-corrected chi connectivity index (χ0v) is 11.9. The van der Waals surface area contributed by atoms with Gasteiger partial charge in [-0.05, 0) is 49.1 Å². The number of carbonyl (C=O) groups is 1. The summed E-state index contributed by atoms with van der Waals surface area (Å²) in [5.74, 6) is -0.116. The molecule has 1 aromatic heterocycles. The molecule has 20 heavy (non-hydrogen) atoms. The topological polar surface area (TPSA) is 101 Å². The third-order valence-electron chi connectivity index (χ3n) is 3.51. The molecule has 0 aliphatic carbocycles. The van der Waals surface area contributed by atoms with Crippen LogP contribution in [0, 0.1) is 20.8 Å². The lowest BCUT2D eigenvalue weighted by Crippen LogP contribution is -2.02. The van der Waals surface area contributed by atoms with Crippen molar-refractivity contribution >= 4 is 11.8 Å². The number of carboxylic acids is 1. The number of aromatic carboxylic acids is 1. The number of benzene rings is 1. The summed E-state index contributed by atoms with van der Waals surface area (Å²) in [6.45, 7) is 5.75. The highest BCUT2D eigenvalue weighted by Gasteiger charge is 2.22. The summed E-state index contributed by atoms with van der Waals surface area (Å²) in [6.07, 6.45) is 0. The first kappa shape index (κ1) is 13.9. The second kappa shape index (κ2) is 4.88. The first-order chi connectivity index (χ1) is 9.38. The van der Waals surface area contributed by atoms with Crippen LogP contribution in [0.2, 0.25) is 0 Å². The summed E-state index contributed by atoms with van der Waals surface area (Å²) < 4.78 is 5.37. The van der Waals surface area contributed by atoms with Crippen LogP contribution in [0.3, 0.4) is 0 Å². The van der Waals surface area contributed by atoms with Crippen LogP contribution >= 0.6 is 0 Å². The predicted molar refractivity (Wildman–Crippen MR) is 76.2 cm³/mol. The molecule has 0 radical (unpaired) electrons. The van der Waals surface area contributed by atoms with E-state index >= 15 is 0 Å². The normalized spacial score (nSPS) is 10.6. The van der Waals surface area contributed by atoms with Crippen molar-refractivity contribution < 1.29 is 14.6 Å². The Bertz CT molecular complexity index is 689. The minimum Gasteiger partial charge on any atom is -0.496 e. The number of rotatable bonds is 3. The Morgan fingerprint density at radius 3 is 2.55 bits per heavy atom. The molecule has 1 aromatic carbocycles. The highest BCUT2D eigenvalue weighted by atomic mass is 16.5. The second-order valence-corrected chi connectivity index (χ2v) is 4.69. The fourth-order valence-electron chi connectivity index (χ4n) is 2.42. The second-order valence-electron chi connectivity index (χ2n) is 4.69. The van der Waals surface area contributed by atoms with Gasteiger partial charge < -0.3 is 15.6 Å². The lowest BCUT2D eigenvalue weighted by molar-refractivity contribution is 0.0691. The Morgan fingerprint density at radius 2 is 2.00 bits per heavy atom. The number of anilines is 1. The molecular weight excluding hydrogens is 258 g/mol. The van der Waals surface area contributed by atoms with Crippen LogP contribution in [0.15, 0.2) is 6.07 Å². The molecule has 2 rings (SSSR count). The average Bonchev–Trinajstić information content (AvgIpc) is 2.76. The molecule has 0 fully saturated rings. The van der Waals surface area contributed by atoms with Gasteiger partial charge in [-0.15, -0.1) is 0 Å². The van der Waals surface area contributed by atoms with Crippen molar-refractivity contribution in [3.63, 3.8) is 0 Å². The van der Waals surface area contributed by atoms with Crippen LogP contribution in [0.4, 0.5) is 5.82 Å². The Labute approximate surface area is 116 Å². The smallest absolute Gasteiger partial charge is 0.354 e. The van der Waals surface area contributed by atoms with Crippen LogP contribution in [-0.2, 0) is 0 Å². The molecular formula is C14H17N3O3. The minimum absolute atomic E-state index is 0.00503. The van der Waals surface area contributed by atoms with E-state index in [1.807, 2.05) is 26.8 Å². The summed E-state index contributed by atoms with van der Waals surface area (Å²) in [6, 6.07) is 1.87. The van der Waals surface area contributed by atoms with Gasteiger partial charge in [-0.3, -0.25) is 5.10 Å². The van der Waals surface area contributed by atoms with Crippen molar-refractivity contribution in [2.24, 2.45) is 0 Å². The Morgan fingerprint density at radius 1 is 1.35 bits per heavy atom. The van der Waals surface area contributed by atoms with Crippen LogP contribution in [0.5, 0.6) is 5.75 Å². The molecule has 0 saturated carbocycles. The maximum Gasteiger partial charge on any atom is 0.354 e. The lowest BCUT2D eigenvalue weighted by Gasteiger charge is -2.15. The predicted octanol–water partition coefficient (Wildman–Crippen LogP) is 2.29. The van der Waals surface area contributed by atoms with Crippen LogP contribution in [0.1, 0.15) is 27.2 Å². The number of nitrogens with two attached hydrogens (primary N) is 1. The number of methoxy groups -OCH3 is 1. The van der Waals surface area contributed by atoms with Crippen molar-refractivity contribution in [1.82, 2.24) is 10.2 Å². The first-order valence-electron chi connectivity index (χ1n) is 6.10. The largest absolute Gasteiger partial charge is 0.496 e. The van der Waals surface area contributed by atoms with Gasteiger partial charge in [0.2, 0.25) is 0 Å². The number of nitrogen functional groups attached to an aromatic ring is 1. The lowest BCUT2D eigenvalue weighted by atomic mass is 9.93. The molecule has 6 nitrogen and oxygen atoms in total. The van der Waals surface area contributed by atoms with Crippen LogP contribution in [-0.4, -0.2) is 28.4 Å². The van der Waals surface area contributed by atoms with Crippen LogP contribution in [0.25, 0.3) is 11.1 Å². The fraction of sp³-hybridized carbons (Fsp3) is 0.286. The summed E-state index contributed by atoms with van der Waals surface area (Å²) in [4.78, 5) is 11.3. The molecule has 0 bridgehead atoms. The van der Waals surface area contributed by atoms with Gasteiger partial charge in [-0.2, -0.15) is 5.10 Å². The Balaban J connectivity index is 2.78. The van der Waals surface area contributed by atoms with Gasteiger partial charge in [0.15, 0.2) is 11.5 Å². The fourth-order valence-corrected chi connectivity index (χ4v) is 2.42. The molecule has 2 aromatic rings. The Hall–Kier alpha value is -2.50. The number of aryl methyl sites for hydroxylation is 1. The van der Waals surface area contributed by atoms with Gasteiger partial charge in [0.1, 0.15) is 5.75 Å². The maximum atomic E-state index is 11.3. The number of hydrogen-bond donors (Lipinski definition) is 3. The van der Waals surface area contributed by atoms with Crippen molar-refractivity contribution in [2.75, 3.05) is 12.8 Å². The summed E-state index contributed by atoms with van der Waals surface area (Å²) >= 11 is 0. The molecule has 0 saturated heterocycles. The highest BCUT2D eigenvalue weighted by molar-refractivity contribution is 5.98. The van der Waals surface area contributed by atoms with Crippen molar-refractivity contribution in [2.45, 2.75) is 20.8 Å². The molecule has 106 valence electrons. The van der Waals surface area contributed by atoms with E-state index in [4.69, 9.17) is 10.5 Å². The van der Waals surface area contributed by atoms with E-state index < -0.39 is 5.97 Å². The van der Waals surface area contributed by atoms with E-state index in [0.717, 1.165) is 28.0 Å². The molecule has 0 aliphatic rings. The van der Waals surface area contributed by atoms with E-state index in [1.165, 1.54) is 0 Å². The molecule has 0 amide bonds. The third kappa shape index (κ3) is 1.99. The number of hydrogen-bond acceptors (Lipinski definition) is 4. The number of aromatic amines is 1. The van der Waals surface area contributed by atoms with E-state index in [2.05, 4.69) is 10.2 Å².